The molecule has 21 heavy (non-hydrogen) atoms. The molecule has 6 nitrogen and oxygen atoms in total. The maximum absolute atomic E-state index is 12.3. The number of carboxylic acid groups (broad SMARTS) is 1. The van der Waals surface area contributed by atoms with E-state index in [-0.39, 0.29) is 31.8 Å². The highest BCUT2D eigenvalue weighted by molar-refractivity contribution is 5.78. The van der Waals surface area contributed by atoms with Gasteiger partial charge in [0.2, 0.25) is 0 Å². The zero-order valence-corrected chi connectivity index (χ0v) is 13.1. The number of aliphatic carboxylic acids is 1. The monoisotopic (exact) mass is 300 g/mol. The Bertz CT molecular complexity index is 350. The topological polar surface area (TPSA) is 89.9 Å². The van der Waals surface area contributed by atoms with Crippen molar-refractivity contribution in [2.45, 2.75) is 58.4 Å². The fourth-order valence-corrected chi connectivity index (χ4v) is 3.15. The van der Waals surface area contributed by atoms with Crippen molar-refractivity contribution in [3.63, 3.8) is 0 Å². The third-order valence-corrected chi connectivity index (χ3v) is 4.58. The van der Waals surface area contributed by atoms with Crippen LogP contribution in [0.5, 0.6) is 0 Å². The summed E-state index contributed by atoms with van der Waals surface area (Å²) in [5.74, 6) is -0.823. The van der Waals surface area contributed by atoms with E-state index in [0.717, 1.165) is 25.7 Å². The lowest BCUT2D eigenvalue weighted by Crippen LogP contribution is -2.50. The summed E-state index contributed by atoms with van der Waals surface area (Å²) in [7, 11) is 0. The van der Waals surface area contributed by atoms with Crippen molar-refractivity contribution in [1.29, 1.82) is 0 Å². The molecule has 0 unspecified atom stereocenters. The van der Waals surface area contributed by atoms with Gasteiger partial charge in [0.15, 0.2) is 0 Å². The minimum atomic E-state index is -0.823. The van der Waals surface area contributed by atoms with E-state index in [0.29, 0.717) is 12.8 Å². The second-order valence-electron chi connectivity index (χ2n) is 5.84. The first-order valence-corrected chi connectivity index (χ1v) is 7.89. The fourth-order valence-electron chi connectivity index (χ4n) is 3.15. The summed E-state index contributed by atoms with van der Waals surface area (Å²) in [6.07, 6.45) is 4.66. The Morgan fingerprint density at radius 3 is 2.24 bits per heavy atom. The highest BCUT2D eigenvalue weighted by atomic mass is 16.4. The lowest BCUT2D eigenvalue weighted by atomic mass is 9.86. The van der Waals surface area contributed by atoms with Gasteiger partial charge in [-0.05, 0) is 25.7 Å². The molecule has 0 radical (unpaired) electrons. The third kappa shape index (κ3) is 4.33. The van der Waals surface area contributed by atoms with Crippen molar-refractivity contribution in [3.05, 3.63) is 0 Å². The highest BCUT2D eigenvalue weighted by Gasteiger charge is 2.41. The summed E-state index contributed by atoms with van der Waals surface area (Å²) < 4.78 is 0. The van der Waals surface area contributed by atoms with Gasteiger partial charge in [0, 0.05) is 19.1 Å². The first-order chi connectivity index (χ1) is 10.0. The minimum Gasteiger partial charge on any atom is -0.481 e. The summed E-state index contributed by atoms with van der Waals surface area (Å²) in [5, 5.41) is 21.3. The quantitative estimate of drug-likeness (QED) is 0.638. The molecule has 0 atom stereocenters. The molecule has 0 aromatic heterocycles. The van der Waals surface area contributed by atoms with E-state index in [9.17, 15) is 14.7 Å². The van der Waals surface area contributed by atoms with E-state index in [2.05, 4.69) is 5.32 Å². The van der Waals surface area contributed by atoms with Crippen LogP contribution in [0, 0.1) is 5.41 Å². The molecule has 0 bridgehead atoms. The molecule has 0 aromatic carbocycles. The van der Waals surface area contributed by atoms with Crippen LogP contribution in [0.15, 0.2) is 0 Å². The van der Waals surface area contributed by atoms with Gasteiger partial charge in [-0.25, -0.2) is 4.79 Å². The predicted molar refractivity (Wildman–Crippen MR) is 80.1 cm³/mol. The molecule has 1 fully saturated rings. The van der Waals surface area contributed by atoms with E-state index < -0.39 is 11.4 Å². The lowest BCUT2D eigenvalue weighted by molar-refractivity contribution is -0.148. The summed E-state index contributed by atoms with van der Waals surface area (Å²) in [6, 6.07) is -0.202. The molecular weight excluding hydrogens is 272 g/mol. The zero-order chi connectivity index (χ0) is 15.9. The average molecular weight is 300 g/mol. The number of carbonyl (C=O) groups excluding carboxylic acids is 1. The lowest BCUT2D eigenvalue weighted by Gasteiger charge is -2.32. The van der Waals surface area contributed by atoms with Crippen LogP contribution in [0.2, 0.25) is 0 Å². The Morgan fingerprint density at radius 2 is 1.81 bits per heavy atom. The summed E-state index contributed by atoms with van der Waals surface area (Å²) in [6.45, 7) is 4.36. The van der Waals surface area contributed by atoms with Gasteiger partial charge in [0.05, 0.1) is 12.0 Å². The molecule has 0 aliphatic heterocycles. The number of aliphatic hydroxyl groups is 1. The standard InChI is InChI=1S/C15H28N2O4/c1-3-12(4-2)17(9-10-18)14(21)16-11-15(13(19)20)7-5-6-8-15/h12,18H,3-11H2,1-2H3,(H,16,21)(H,19,20). The average Bonchev–Trinajstić information content (AvgIpc) is 2.95. The molecule has 0 heterocycles. The number of hydrogen-bond acceptors (Lipinski definition) is 3. The number of nitrogens with one attached hydrogen (secondary N) is 1. The van der Waals surface area contributed by atoms with Crippen LogP contribution in [0.25, 0.3) is 0 Å². The summed E-state index contributed by atoms with van der Waals surface area (Å²) >= 11 is 0. The molecule has 1 saturated carbocycles. The van der Waals surface area contributed by atoms with Crippen LogP contribution < -0.4 is 5.32 Å². The van der Waals surface area contributed by atoms with Crippen LogP contribution in [0.1, 0.15) is 52.4 Å². The molecule has 0 saturated heterocycles. The van der Waals surface area contributed by atoms with Gasteiger partial charge >= 0.3 is 12.0 Å². The van der Waals surface area contributed by atoms with Crippen molar-refractivity contribution < 1.29 is 19.8 Å². The number of hydrogen-bond donors (Lipinski definition) is 3. The molecule has 6 heteroatoms. The molecule has 122 valence electrons. The fraction of sp³-hybridized carbons (Fsp3) is 0.867. The molecule has 0 spiro atoms. The van der Waals surface area contributed by atoms with Gasteiger partial charge < -0.3 is 20.4 Å². The van der Waals surface area contributed by atoms with Crippen molar-refractivity contribution >= 4 is 12.0 Å². The number of carboxylic acids is 1. The Kier molecular flexibility index (Phi) is 6.95. The number of amides is 2. The SMILES string of the molecule is CCC(CC)N(CCO)C(=O)NCC1(C(=O)O)CCCC1. The number of aliphatic hydroxyl groups excluding tert-OH is 1. The van der Waals surface area contributed by atoms with Crippen molar-refractivity contribution in [1.82, 2.24) is 10.2 Å². The molecular formula is C15H28N2O4. The smallest absolute Gasteiger partial charge is 0.317 e. The van der Waals surface area contributed by atoms with Gasteiger partial charge in [-0.15, -0.1) is 0 Å². The maximum atomic E-state index is 12.3. The number of rotatable bonds is 8. The predicted octanol–water partition coefficient (Wildman–Crippen LogP) is 1.82. The van der Waals surface area contributed by atoms with Gasteiger partial charge in [0.1, 0.15) is 0 Å². The van der Waals surface area contributed by atoms with Crippen molar-refractivity contribution in [2.24, 2.45) is 5.41 Å². The van der Waals surface area contributed by atoms with E-state index in [4.69, 9.17) is 5.11 Å². The van der Waals surface area contributed by atoms with Crippen molar-refractivity contribution in [3.8, 4) is 0 Å². The van der Waals surface area contributed by atoms with Crippen LogP contribution in [0.4, 0.5) is 4.79 Å². The highest BCUT2D eigenvalue weighted by Crippen LogP contribution is 2.37. The number of carbonyl (C=O) groups is 2. The largest absolute Gasteiger partial charge is 0.481 e. The molecule has 2 amide bonds. The molecule has 1 aliphatic rings. The summed E-state index contributed by atoms with van der Waals surface area (Å²) in [4.78, 5) is 25.4. The third-order valence-electron chi connectivity index (χ3n) is 4.58. The van der Waals surface area contributed by atoms with Crippen LogP contribution in [-0.2, 0) is 4.79 Å². The van der Waals surface area contributed by atoms with Crippen LogP contribution in [0.3, 0.4) is 0 Å². The van der Waals surface area contributed by atoms with E-state index >= 15 is 0 Å². The number of nitrogens with zero attached hydrogens (tertiary/aromatic N) is 1. The molecule has 1 aliphatic carbocycles. The molecule has 0 aromatic rings. The van der Waals surface area contributed by atoms with Gasteiger partial charge in [-0.2, -0.15) is 0 Å². The Balaban J connectivity index is 2.66. The number of urea groups is 1. The second-order valence-corrected chi connectivity index (χ2v) is 5.84. The van der Waals surface area contributed by atoms with Crippen LogP contribution in [-0.4, -0.2) is 52.9 Å². The first-order valence-electron chi connectivity index (χ1n) is 7.89. The second kappa shape index (κ2) is 8.22. The van der Waals surface area contributed by atoms with E-state index in [1.807, 2.05) is 13.8 Å². The minimum absolute atomic E-state index is 0.0708. The van der Waals surface area contributed by atoms with Gasteiger partial charge in [0.25, 0.3) is 0 Å². The molecule has 3 N–H and O–H groups in total. The van der Waals surface area contributed by atoms with Crippen LogP contribution >= 0.6 is 0 Å². The van der Waals surface area contributed by atoms with Gasteiger partial charge in [-0.3, -0.25) is 4.79 Å². The zero-order valence-electron chi connectivity index (χ0n) is 13.1. The first kappa shape index (κ1) is 17.8. The van der Waals surface area contributed by atoms with Gasteiger partial charge in [-0.1, -0.05) is 26.7 Å². The summed E-state index contributed by atoms with van der Waals surface area (Å²) in [5.41, 5.74) is -0.811. The maximum Gasteiger partial charge on any atom is 0.317 e. The molecule has 1 rings (SSSR count). The Labute approximate surface area is 126 Å². The van der Waals surface area contributed by atoms with E-state index in [1.165, 1.54) is 0 Å². The normalized spacial score (nSPS) is 17.0. The van der Waals surface area contributed by atoms with E-state index in [1.54, 1.807) is 4.90 Å². The Hall–Kier alpha value is -1.30. The van der Waals surface area contributed by atoms with Crippen molar-refractivity contribution in [2.75, 3.05) is 19.7 Å². The Morgan fingerprint density at radius 1 is 1.24 bits per heavy atom.